The molecular weight excluding hydrogens is 371 g/mol. The Morgan fingerprint density at radius 1 is 1.14 bits per heavy atom. The maximum absolute atomic E-state index is 12.9. The Labute approximate surface area is 162 Å². The molecule has 1 aromatic carbocycles. The molecule has 154 valence electrons. The zero-order valence-corrected chi connectivity index (χ0v) is 15.9. The molecule has 1 amide bonds. The Hall–Kier alpha value is -2.45. The molecule has 2 fully saturated rings. The normalized spacial score (nSPS) is 18.2. The average Bonchev–Trinajstić information content (AvgIpc) is 3.53. The van der Waals surface area contributed by atoms with E-state index in [2.05, 4.69) is 20.5 Å². The lowest BCUT2D eigenvalue weighted by atomic mass is 10.1. The van der Waals surface area contributed by atoms with E-state index >= 15 is 0 Å². The monoisotopic (exact) mass is 397 g/mol. The topological polar surface area (TPSA) is 60.0 Å². The van der Waals surface area contributed by atoms with E-state index in [-0.39, 0.29) is 11.8 Å². The van der Waals surface area contributed by atoms with Crippen LogP contribution in [0.4, 0.5) is 18.9 Å². The Bertz CT molecular complexity index is 710. The third kappa shape index (κ3) is 5.30. The highest BCUT2D eigenvalue weighted by Gasteiger charge is 2.31. The predicted molar refractivity (Wildman–Crippen MR) is 102 cm³/mol. The van der Waals surface area contributed by atoms with Gasteiger partial charge >= 0.3 is 6.18 Å². The minimum Gasteiger partial charge on any atom is -0.368 e. The molecule has 1 aliphatic carbocycles. The number of hydrogen-bond donors (Lipinski definition) is 2. The fraction of sp³-hybridized carbons (Fsp3) is 0.579. The van der Waals surface area contributed by atoms with Crippen molar-refractivity contribution in [2.24, 2.45) is 10.9 Å². The first-order valence-corrected chi connectivity index (χ1v) is 9.54. The number of nitrogens with zero attached hydrogens (tertiary/aromatic N) is 3. The number of guanidine groups is 1. The van der Waals surface area contributed by atoms with Gasteiger partial charge in [0.25, 0.3) is 0 Å². The molecule has 0 radical (unpaired) electrons. The van der Waals surface area contributed by atoms with Gasteiger partial charge in [0.15, 0.2) is 5.96 Å². The number of halogens is 3. The van der Waals surface area contributed by atoms with Gasteiger partial charge in [-0.15, -0.1) is 0 Å². The molecule has 1 aliphatic heterocycles. The summed E-state index contributed by atoms with van der Waals surface area (Å²) in [7, 11) is 1.70. The number of piperazine rings is 1. The fourth-order valence-electron chi connectivity index (χ4n) is 3.24. The minimum atomic E-state index is -4.33. The Balaban J connectivity index is 1.46. The molecule has 3 rings (SSSR count). The van der Waals surface area contributed by atoms with Crippen LogP contribution in [0.3, 0.4) is 0 Å². The van der Waals surface area contributed by atoms with Gasteiger partial charge in [-0.3, -0.25) is 9.79 Å². The summed E-state index contributed by atoms with van der Waals surface area (Å²) in [6.45, 7) is 3.66. The van der Waals surface area contributed by atoms with Gasteiger partial charge in [0, 0.05) is 57.9 Å². The number of carbonyl (C=O) groups is 1. The standard InChI is InChI=1S/C19H26F3N5O/c1-23-18(25-8-7-24-17(28)14-5-6-14)27-11-9-26(10-12-27)16-4-2-3-15(13-16)19(20,21)22/h2-4,13-14H,5-12H2,1H3,(H,23,25)(H,24,28). The van der Waals surface area contributed by atoms with Crippen molar-refractivity contribution in [3.8, 4) is 0 Å². The maximum atomic E-state index is 12.9. The van der Waals surface area contributed by atoms with Gasteiger partial charge in [-0.05, 0) is 31.0 Å². The van der Waals surface area contributed by atoms with Crippen LogP contribution in [0.2, 0.25) is 0 Å². The van der Waals surface area contributed by atoms with E-state index in [1.165, 1.54) is 12.1 Å². The lowest BCUT2D eigenvalue weighted by Crippen LogP contribution is -2.53. The predicted octanol–water partition coefficient (Wildman–Crippen LogP) is 1.93. The van der Waals surface area contributed by atoms with Crippen LogP contribution < -0.4 is 15.5 Å². The number of rotatable bonds is 5. The zero-order valence-electron chi connectivity index (χ0n) is 15.9. The Kier molecular flexibility index (Phi) is 6.31. The van der Waals surface area contributed by atoms with Crippen LogP contribution in [0.1, 0.15) is 18.4 Å². The molecule has 1 aromatic rings. The molecule has 1 saturated heterocycles. The quantitative estimate of drug-likeness (QED) is 0.453. The van der Waals surface area contributed by atoms with Crippen molar-refractivity contribution in [1.29, 1.82) is 0 Å². The molecule has 6 nitrogen and oxygen atoms in total. The number of anilines is 1. The van der Waals surface area contributed by atoms with Gasteiger partial charge < -0.3 is 20.4 Å². The molecule has 1 heterocycles. The zero-order chi connectivity index (χ0) is 20.1. The van der Waals surface area contributed by atoms with Crippen molar-refractivity contribution >= 4 is 17.6 Å². The first kappa shape index (κ1) is 20.3. The van der Waals surface area contributed by atoms with Crippen LogP contribution >= 0.6 is 0 Å². The lowest BCUT2D eigenvalue weighted by molar-refractivity contribution is -0.137. The van der Waals surface area contributed by atoms with Crippen molar-refractivity contribution < 1.29 is 18.0 Å². The van der Waals surface area contributed by atoms with E-state index < -0.39 is 11.7 Å². The van der Waals surface area contributed by atoms with Gasteiger partial charge in [0.1, 0.15) is 0 Å². The van der Waals surface area contributed by atoms with Crippen molar-refractivity contribution in [2.45, 2.75) is 19.0 Å². The molecule has 0 aromatic heterocycles. The number of amides is 1. The summed E-state index contributed by atoms with van der Waals surface area (Å²) in [5, 5.41) is 6.13. The summed E-state index contributed by atoms with van der Waals surface area (Å²) >= 11 is 0. The maximum Gasteiger partial charge on any atom is 0.416 e. The summed E-state index contributed by atoms with van der Waals surface area (Å²) in [4.78, 5) is 19.9. The second-order valence-electron chi connectivity index (χ2n) is 7.06. The number of carbonyl (C=O) groups excluding carboxylic acids is 1. The molecule has 0 unspecified atom stereocenters. The van der Waals surface area contributed by atoms with E-state index in [0.717, 1.165) is 24.9 Å². The van der Waals surface area contributed by atoms with Crippen molar-refractivity contribution in [3.63, 3.8) is 0 Å². The largest absolute Gasteiger partial charge is 0.416 e. The number of nitrogens with one attached hydrogen (secondary N) is 2. The number of benzene rings is 1. The highest BCUT2D eigenvalue weighted by Crippen LogP contribution is 2.32. The molecule has 28 heavy (non-hydrogen) atoms. The molecule has 0 spiro atoms. The van der Waals surface area contributed by atoms with E-state index in [4.69, 9.17) is 0 Å². The van der Waals surface area contributed by atoms with Crippen molar-refractivity contribution in [2.75, 3.05) is 51.2 Å². The molecule has 2 aliphatic rings. The third-order valence-corrected chi connectivity index (χ3v) is 4.99. The van der Waals surface area contributed by atoms with Crippen LogP contribution in [-0.2, 0) is 11.0 Å². The number of hydrogen-bond acceptors (Lipinski definition) is 3. The molecule has 9 heteroatoms. The second-order valence-corrected chi connectivity index (χ2v) is 7.06. The summed E-state index contributed by atoms with van der Waals surface area (Å²) in [5.74, 6) is 1.05. The van der Waals surface area contributed by atoms with Crippen LogP contribution in [-0.4, -0.2) is 63.1 Å². The van der Waals surface area contributed by atoms with Gasteiger partial charge in [-0.2, -0.15) is 13.2 Å². The lowest BCUT2D eigenvalue weighted by Gasteiger charge is -2.37. The first-order valence-electron chi connectivity index (χ1n) is 9.54. The molecule has 2 N–H and O–H groups in total. The number of aliphatic imine (C=N–C) groups is 1. The Morgan fingerprint density at radius 3 is 2.43 bits per heavy atom. The van der Waals surface area contributed by atoms with Crippen molar-refractivity contribution in [3.05, 3.63) is 29.8 Å². The smallest absolute Gasteiger partial charge is 0.368 e. The average molecular weight is 397 g/mol. The SMILES string of the molecule is CN=C(NCCNC(=O)C1CC1)N1CCN(c2cccc(C(F)(F)F)c2)CC1. The van der Waals surface area contributed by atoms with Gasteiger partial charge in [-0.1, -0.05) is 6.07 Å². The molecule has 1 saturated carbocycles. The molecule has 0 bridgehead atoms. The highest BCUT2D eigenvalue weighted by molar-refractivity contribution is 5.81. The van der Waals surface area contributed by atoms with Crippen molar-refractivity contribution in [1.82, 2.24) is 15.5 Å². The summed E-state index contributed by atoms with van der Waals surface area (Å²) < 4.78 is 38.8. The van der Waals surface area contributed by atoms with E-state index in [1.807, 2.05) is 4.90 Å². The Morgan fingerprint density at radius 2 is 1.82 bits per heavy atom. The first-order chi connectivity index (χ1) is 13.4. The summed E-state index contributed by atoms with van der Waals surface area (Å²) in [6, 6.07) is 5.44. The highest BCUT2D eigenvalue weighted by atomic mass is 19.4. The second kappa shape index (κ2) is 8.70. The third-order valence-electron chi connectivity index (χ3n) is 4.99. The van der Waals surface area contributed by atoms with E-state index in [9.17, 15) is 18.0 Å². The van der Waals surface area contributed by atoms with Gasteiger partial charge in [-0.25, -0.2) is 0 Å². The van der Waals surface area contributed by atoms with E-state index in [1.54, 1.807) is 13.1 Å². The van der Waals surface area contributed by atoms with Crippen LogP contribution in [0.5, 0.6) is 0 Å². The molecular formula is C19H26F3N5O. The van der Waals surface area contributed by atoms with Crippen LogP contribution in [0.15, 0.2) is 29.3 Å². The number of alkyl halides is 3. The van der Waals surface area contributed by atoms with Crippen LogP contribution in [0.25, 0.3) is 0 Å². The fourth-order valence-corrected chi connectivity index (χ4v) is 3.24. The van der Waals surface area contributed by atoms with E-state index in [0.29, 0.717) is 45.0 Å². The van der Waals surface area contributed by atoms with Gasteiger partial charge in [0.05, 0.1) is 5.56 Å². The minimum absolute atomic E-state index is 0.117. The summed E-state index contributed by atoms with van der Waals surface area (Å²) in [5.41, 5.74) is -0.0432. The van der Waals surface area contributed by atoms with Gasteiger partial charge in [0.2, 0.25) is 5.91 Å². The molecule has 0 atom stereocenters. The van der Waals surface area contributed by atoms with Crippen LogP contribution in [0, 0.1) is 5.92 Å². The summed E-state index contributed by atoms with van der Waals surface area (Å²) in [6.07, 6.45) is -2.37.